The molecule has 0 aliphatic rings. The summed E-state index contributed by atoms with van der Waals surface area (Å²) in [5.41, 5.74) is 8.09. The summed E-state index contributed by atoms with van der Waals surface area (Å²) in [5, 5.41) is 10.5. The topological polar surface area (TPSA) is 50.2 Å². The fraction of sp³-hybridized carbons (Fsp3) is 0.0625. The van der Waals surface area contributed by atoms with Gasteiger partial charge in [0.15, 0.2) is 0 Å². The molecule has 4 nitrogen and oxygen atoms in total. The number of ketones is 1. The van der Waals surface area contributed by atoms with E-state index in [1.807, 2.05) is 90.2 Å². The average molecular weight is 466 g/mol. The predicted octanol–water partition coefficient (Wildman–Crippen LogP) is 7.02. The Kier molecular flexibility index (Phi) is 5.24. The lowest BCUT2D eigenvalue weighted by Gasteiger charge is -2.09. The molecule has 0 spiro atoms. The van der Waals surface area contributed by atoms with Gasteiger partial charge < -0.3 is 4.57 Å². The van der Waals surface area contributed by atoms with Crippen LogP contribution in [-0.4, -0.2) is 14.8 Å². The fourth-order valence-corrected chi connectivity index (χ4v) is 5.02. The van der Waals surface area contributed by atoms with Crippen LogP contribution in [0.2, 0.25) is 0 Å². The van der Waals surface area contributed by atoms with E-state index < -0.39 is 0 Å². The van der Waals surface area contributed by atoms with E-state index in [1.165, 1.54) is 0 Å². The van der Waals surface area contributed by atoms with Gasteiger partial charge in [0.05, 0.1) is 16.6 Å². The van der Waals surface area contributed by atoms with E-state index in [9.17, 15) is 10.1 Å². The second-order valence-electron chi connectivity index (χ2n) is 8.99. The number of nitrogens with zero attached hydrogens (tertiary/aromatic N) is 3. The largest absolute Gasteiger partial charge is 0.321 e. The van der Waals surface area contributed by atoms with Crippen LogP contribution in [0.5, 0.6) is 0 Å². The van der Waals surface area contributed by atoms with Crippen LogP contribution in [0.25, 0.3) is 27.8 Å². The average Bonchev–Trinajstić information content (AvgIpc) is 3.42. The number of rotatable bonds is 5. The first-order valence-corrected chi connectivity index (χ1v) is 11.9. The normalized spacial score (nSPS) is 11.1. The molecule has 0 aliphatic heterocycles. The highest BCUT2D eigenvalue weighted by Gasteiger charge is 2.29. The Hall–Kier alpha value is -4.88. The standard InChI is InChI=1S/C32H23N3O/c1-22-16-18-24(19-17-22)29-26(20-33)30(31(36)25-12-6-3-7-13-25)35-28-15-9-8-14-27(28)34(32(29)35)21-23-10-4-2-5-11-23/h2-19H,21H2,1H3. The lowest BCUT2D eigenvalue weighted by molar-refractivity contribution is 0.103. The van der Waals surface area contributed by atoms with Gasteiger partial charge in [-0.15, -0.1) is 0 Å². The third-order valence-electron chi connectivity index (χ3n) is 6.70. The van der Waals surface area contributed by atoms with Crippen molar-refractivity contribution in [3.05, 3.63) is 137 Å². The summed E-state index contributed by atoms with van der Waals surface area (Å²) in [6.07, 6.45) is 0. The molecule has 4 aromatic carbocycles. The van der Waals surface area contributed by atoms with Gasteiger partial charge in [-0.25, -0.2) is 0 Å². The maximum absolute atomic E-state index is 14.0. The minimum atomic E-state index is -0.164. The van der Waals surface area contributed by atoms with Crippen molar-refractivity contribution < 1.29 is 4.79 Å². The number of imidazole rings is 1. The Morgan fingerprint density at radius 3 is 2.06 bits per heavy atom. The molecule has 0 fully saturated rings. The number of fused-ring (bicyclic) bond motifs is 3. The van der Waals surface area contributed by atoms with Gasteiger partial charge >= 0.3 is 0 Å². The highest BCUT2D eigenvalue weighted by Crippen LogP contribution is 2.38. The van der Waals surface area contributed by atoms with Gasteiger partial charge in [-0.3, -0.25) is 9.20 Å². The SMILES string of the molecule is Cc1ccc(-c2c(C#N)c(C(=O)c3ccccc3)n3c4ccccc4n(Cc4ccccc4)c23)cc1. The van der Waals surface area contributed by atoms with E-state index in [1.54, 1.807) is 12.1 Å². The summed E-state index contributed by atoms with van der Waals surface area (Å²) in [4.78, 5) is 14.0. The van der Waals surface area contributed by atoms with Crippen molar-refractivity contribution in [1.82, 2.24) is 8.97 Å². The van der Waals surface area contributed by atoms with Crippen LogP contribution >= 0.6 is 0 Å². The quantitative estimate of drug-likeness (QED) is 0.257. The van der Waals surface area contributed by atoms with Gasteiger partial charge in [-0.05, 0) is 30.2 Å². The van der Waals surface area contributed by atoms with Crippen LogP contribution < -0.4 is 0 Å². The van der Waals surface area contributed by atoms with Crippen LogP contribution in [0.15, 0.2) is 109 Å². The number of benzene rings is 4. The highest BCUT2D eigenvalue weighted by molar-refractivity contribution is 6.13. The molecule has 6 rings (SSSR count). The third kappa shape index (κ3) is 3.41. The van der Waals surface area contributed by atoms with E-state index in [0.29, 0.717) is 23.4 Å². The fourth-order valence-electron chi connectivity index (χ4n) is 5.02. The summed E-state index contributed by atoms with van der Waals surface area (Å²) >= 11 is 0. The third-order valence-corrected chi connectivity index (χ3v) is 6.70. The van der Waals surface area contributed by atoms with Crippen LogP contribution in [0.1, 0.15) is 32.7 Å². The molecule has 0 saturated heterocycles. The molecule has 0 saturated carbocycles. The van der Waals surface area contributed by atoms with Crippen molar-refractivity contribution in [1.29, 1.82) is 5.26 Å². The lowest BCUT2D eigenvalue weighted by atomic mass is 9.98. The van der Waals surface area contributed by atoms with Crippen LogP contribution in [0, 0.1) is 18.3 Å². The molecule has 0 aliphatic carbocycles. The summed E-state index contributed by atoms with van der Waals surface area (Å²) < 4.78 is 4.21. The minimum absolute atomic E-state index is 0.164. The van der Waals surface area contributed by atoms with E-state index >= 15 is 0 Å². The number of carbonyl (C=O) groups is 1. The zero-order valence-electron chi connectivity index (χ0n) is 19.8. The number of aryl methyl sites for hydroxylation is 1. The molecule has 0 bridgehead atoms. The molecule has 36 heavy (non-hydrogen) atoms. The molecule has 0 amide bonds. The summed E-state index contributed by atoms with van der Waals surface area (Å²) in [6, 6.07) is 38.1. The van der Waals surface area contributed by atoms with Crippen molar-refractivity contribution in [2.45, 2.75) is 13.5 Å². The molecule has 172 valence electrons. The van der Waals surface area contributed by atoms with Gasteiger partial charge in [0.1, 0.15) is 17.4 Å². The number of nitriles is 1. The maximum atomic E-state index is 14.0. The Balaban J connectivity index is 1.77. The molecule has 0 radical (unpaired) electrons. The number of aromatic nitrogens is 2. The number of hydrogen-bond acceptors (Lipinski definition) is 2. The molecule has 4 heteroatoms. The van der Waals surface area contributed by atoms with Crippen LogP contribution in [0.4, 0.5) is 0 Å². The van der Waals surface area contributed by atoms with E-state index in [-0.39, 0.29) is 5.78 Å². The lowest BCUT2D eigenvalue weighted by Crippen LogP contribution is -2.07. The highest BCUT2D eigenvalue weighted by atomic mass is 16.1. The second-order valence-corrected chi connectivity index (χ2v) is 8.99. The number of carbonyl (C=O) groups excluding carboxylic acids is 1. The zero-order valence-corrected chi connectivity index (χ0v) is 19.8. The summed E-state index contributed by atoms with van der Waals surface area (Å²) in [7, 11) is 0. The Labute approximate surface area is 209 Å². The molecule has 0 N–H and O–H groups in total. The summed E-state index contributed by atoms with van der Waals surface area (Å²) in [5.74, 6) is -0.164. The predicted molar refractivity (Wildman–Crippen MR) is 143 cm³/mol. The molecule has 0 atom stereocenters. The Bertz CT molecular complexity index is 1770. The van der Waals surface area contributed by atoms with Crippen molar-refractivity contribution in [3.8, 4) is 17.2 Å². The van der Waals surface area contributed by atoms with Crippen molar-refractivity contribution in [3.63, 3.8) is 0 Å². The Morgan fingerprint density at radius 1 is 0.778 bits per heavy atom. The van der Waals surface area contributed by atoms with Crippen molar-refractivity contribution in [2.24, 2.45) is 0 Å². The van der Waals surface area contributed by atoms with Gasteiger partial charge in [0, 0.05) is 17.7 Å². The van der Waals surface area contributed by atoms with Crippen molar-refractivity contribution in [2.75, 3.05) is 0 Å². The van der Waals surface area contributed by atoms with E-state index in [4.69, 9.17) is 0 Å². The second kappa shape index (κ2) is 8.72. The first kappa shape index (κ1) is 21.6. The van der Waals surface area contributed by atoms with E-state index in [2.05, 4.69) is 28.8 Å². The first-order chi connectivity index (χ1) is 17.7. The Morgan fingerprint density at radius 2 is 1.39 bits per heavy atom. The first-order valence-electron chi connectivity index (χ1n) is 11.9. The zero-order chi connectivity index (χ0) is 24.6. The van der Waals surface area contributed by atoms with Gasteiger partial charge in [0.2, 0.25) is 5.78 Å². The minimum Gasteiger partial charge on any atom is -0.321 e. The number of hydrogen-bond donors (Lipinski definition) is 0. The van der Waals surface area contributed by atoms with Gasteiger partial charge in [0.25, 0.3) is 0 Å². The van der Waals surface area contributed by atoms with Gasteiger partial charge in [-0.1, -0.05) is 103 Å². The number of para-hydroxylation sites is 2. The summed E-state index contributed by atoms with van der Waals surface area (Å²) in [6.45, 7) is 2.66. The molecular formula is C32H23N3O. The van der Waals surface area contributed by atoms with Crippen LogP contribution in [0.3, 0.4) is 0 Å². The molecule has 6 aromatic rings. The molecular weight excluding hydrogens is 442 g/mol. The smallest absolute Gasteiger partial charge is 0.211 e. The van der Waals surface area contributed by atoms with Gasteiger partial charge in [-0.2, -0.15) is 5.26 Å². The molecule has 2 aromatic heterocycles. The molecule has 0 unspecified atom stereocenters. The van der Waals surface area contributed by atoms with E-state index in [0.717, 1.165) is 38.9 Å². The molecule has 2 heterocycles. The maximum Gasteiger partial charge on any atom is 0.211 e. The van der Waals surface area contributed by atoms with Crippen LogP contribution in [-0.2, 0) is 6.54 Å². The van der Waals surface area contributed by atoms with Crippen molar-refractivity contribution >= 4 is 22.5 Å². The monoisotopic (exact) mass is 465 g/mol.